The standard InChI is InChI=1S/C16H22N4O/c1-2-3-4-5-10-18-16(21)15-8-6-14(7-9-15)11-20-13-17-12-19-20/h6-9,12-13H,2-5,10-11H2,1H3,(H,18,21). The number of rotatable bonds is 8. The first-order chi connectivity index (χ1) is 10.3. The zero-order valence-corrected chi connectivity index (χ0v) is 12.5. The molecule has 0 saturated heterocycles. The van der Waals surface area contributed by atoms with Gasteiger partial charge < -0.3 is 5.32 Å². The van der Waals surface area contributed by atoms with Crippen LogP contribution in [0.3, 0.4) is 0 Å². The van der Waals surface area contributed by atoms with E-state index in [1.165, 1.54) is 25.6 Å². The number of nitrogens with zero attached hydrogens (tertiary/aromatic N) is 3. The minimum atomic E-state index is -0.00111. The highest BCUT2D eigenvalue weighted by Crippen LogP contribution is 2.06. The molecule has 1 heterocycles. The van der Waals surface area contributed by atoms with E-state index in [1.54, 1.807) is 11.0 Å². The molecule has 0 radical (unpaired) electrons. The second kappa shape index (κ2) is 8.19. The summed E-state index contributed by atoms with van der Waals surface area (Å²) in [7, 11) is 0. The van der Waals surface area contributed by atoms with Crippen molar-refractivity contribution in [2.75, 3.05) is 6.54 Å². The Bertz CT molecular complexity index is 534. The van der Waals surface area contributed by atoms with E-state index in [2.05, 4.69) is 22.3 Å². The number of carbonyl (C=O) groups is 1. The van der Waals surface area contributed by atoms with Crippen LogP contribution in [-0.4, -0.2) is 27.2 Å². The molecule has 112 valence electrons. The largest absolute Gasteiger partial charge is 0.352 e. The van der Waals surface area contributed by atoms with Crippen LogP contribution < -0.4 is 5.32 Å². The Kier molecular flexibility index (Phi) is 5.94. The lowest BCUT2D eigenvalue weighted by Crippen LogP contribution is -2.24. The SMILES string of the molecule is CCCCCCNC(=O)c1ccc(Cn2cncn2)cc1. The summed E-state index contributed by atoms with van der Waals surface area (Å²) < 4.78 is 1.75. The zero-order chi connectivity index (χ0) is 14.9. The molecule has 2 rings (SSSR count). The van der Waals surface area contributed by atoms with Crippen LogP contribution in [0.5, 0.6) is 0 Å². The number of amides is 1. The molecule has 0 bridgehead atoms. The van der Waals surface area contributed by atoms with Gasteiger partial charge in [-0.05, 0) is 24.1 Å². The predicted molar refractivity (Wildman–Crippen MR) is 82.0 cm³/mol. The summed E-state index contributed by atoms with van der Waals surface area (Å²) in [6, 6.07) is 7.61. The van der Waals surface area contributed by atoms with E-state index in [0.717, 1.165) is 18.5 Å². The number of nitrogens with one attached hydrogen (secondary N) is 1. The first kappa shape index (κ1) is 15.2. The second-order valence-corrected chi connectivity index (χ2v) is 5.11. The maximum absolute atomic E-state index is 12.0. The van der Waals surface area contributed by atoms with Crippen LogP contribution in [0.1, 0.15) is 48.5 Å². The summed E-state index contributed by atoms with van der Waals surface area (Å²) in [5.41, 5.74) is 1.80. The molecule has 1 amide bonds. The Labute approximate surface area is 125 Å². The number of hydrogen-bond acceptors (Lipinski definition) is 3. The smallest absolute Gasteiger partial charge is 0.251 e. The molecule has 2 aromatic rings. The van der Waals surface area contributed by atoms with Gasteiger partial charge in [-0.3, -0.25) is 4.79 Å². The summed E-state index contributed by atoms with van der Waals surface area (Å²) in [5.74, 6) is -0.00111. The third kappa shape index (κ3) is 5.02. The van der Waals surface area contributed by atoms with E-state index >= 15 is 0 Å². The summed E-state index contributed by atoms with van der Waals surface area (Å²) in [6.45, 7) is 3.60. The van der Waals surface area contributed by atoms with Gasteiger partial charge in [0, 0.05) is 12.1 Å². The van der Waals surface area contributed by atoms with Gasteiger partial charge in [-0.2, -0.15) is 5.10 Å². The minimum Gasteiger partial charge on any atom is -0.352 e. The molecule has 0 saturated carbocycles. The van der Waals surface area contributed by atoms with Gasteiger partial charge in [-0.25, -0.2) is 9.67 Å². The number of benzene rings is 1. The normalized spacial score (nSPS) is 10.5. The Morgan fingerprint density at radius 2 is 2.00 bits per heavy atom. The van der Waals surface area contributed by atoms with Crippen LogP contribution in [-0.2, 0) is 6.54 Å². The molecule has 0 fully saturated rings. The number of aromatic nitrogens is 3. The highest BCUT2D eigenvalue weighted by molar-refractivity contribution is 5.94. The molecular weight excluding hydrogens is 264 g/mol. The molecule has 1 aromatic heterocycles. The fourth-order valence-electron chi connectivity index (χ4n) is 2.12. The molecule has 1 aromatic carbocycles. The Morgan fingerprint density at radius 3 is 2.67 bits per heavy atom. The third-order valence-corrected chi connectivity index (χ3v) is 3.34. The van der Waals surface area contributed by atoms with Crippen LogP contribution in [0.15, 0.2) is 36.9 Å². The van der Waals surface area contributed by atoms with Crippen molar-refractivity contribution in [3.8, 4) is 0 Å². The van der Waals surface area contributed by atoms with Gasteiger partial charge in [-0.15, -0.1) is 0 Å². The van der Waals surface area contributed by atoms with Gasteiger partial charge in [0.15, 0.2) is 0 Å². The third-order valence-electron chi connectivity index (χ3n) is 3.34. The Morgan fingerprint density at radius 1 is 1.19 bits per heavy atom. The molecule has 0 unspecified atom stereocenters. The van der Waals surface area contributed by atoms with Crippen molar-refractivity contribution >= 4 is 5.91 Å². The van der Waals surface area contributed by atoms with Gasteiger partial charge in [0.1, 0.15) is 12.7 Å². The van der Waals surface area contributed by atoms with E-state index in [4.69, 9.17) is 0 Å². The molecule has 5 heteroatoms. The van der Waals surface area contributed by atoms with Crippen LogP contribution in [0.25, 0.3) is 0 Å². The highest BCUT2D eigenvalue weighted by Gasteiger charge is 2.04. The summed E-state index contributed by atoms with van der Waals surface area (Å²) in [6.07, 6.45) is 7.85. The van der Waals surface area contributed by atoms with E-state index in [9.17, 15) is 4.79 Å². The van der Waals surface area contributed by atoms with Crippen molar-refractivity contribution in [3.05, 3.63) is 48.0 Å². The van der Waals surface area contributed by atoms with Crippen LogP contribution >= 0.6 is 0 Å². The van der Waals surface area contributed by atoms with Gasteiger partial charge in [0.25, 0.3) is 5.91 Å². The predicted octanol–water partition coefficient (Wildman–Crippen LogP) is 2.64. The average Bonchev–Trinajstić information content (AvgIpc) is 3.00. The van der Waals surface area contributed by atoms with Crippen molar-refractivity contribution in [2.24, 2.45) is 0 Å². The molecule has 0 atom stereocenters. The lowest BCUT2D eigenvalue weighted by molar-refractivity contribution is 0.0953. The maximum Gasteiger partial charge on any atom is 0.251 e. The molecule has 0 aliphatic carbocycles. The van der Waals surface area contributed by atoms with Gasteiger partial charge >= 0.3 is 0 Å². The zero-order valence-electron chi connectivity index (χ0n) is 12.5. The fraction of sp³-hybridized carbons (Fsp3) is 0.438. The van der Waals surface area contributed by atoms with Gasteiger partial charge in [-0.1, -0.05) is 38.3 Å². The molecule has 1 N–H and O–H groups in total. The molecule has 0 aliphatic heterocycles. The second-order valence-electron chi connectivity index (χ2n) is 5.11. The number of carbonyl (C=O) groups excluding carboxylic acids is 1. The van der Waals surface area contributed by atoms with Crippen molar-refractivity contribution in [2.45, 2.75) is 39.2 Å². The van der Waals surface area contributed by atoms with E-state index in [0.29, 0.717) is 12.1 Å². The topological polar surface area (TPSA) is 59.8 Å². The van der Waals surface area contributed by atoms with Crippen molar-refractivity contribution < 1.29 is 4.79 Å². The summed E-state index contributed by atoms with van der Waals surface area (Å²) in [4.78, 5) is 15.9. The fourth-order valence-corrected chi connectivity index (χ4v) is 2.12. The quantitative estimate of drug-likeness (QED) is 0.759. The first-order valence-electron chi connectivity index (χ1n) is 7.49. The van der Waals surface area contributed by atoms with Gasteiger partial charge in [0.2, 0.25) is 0 Å². The van der Waals surface area contributed by atoms with Crippen molar-refractivity contribution in [3.63, 3.8) is 0 Å². The minimum absolute atomic E-state index is 0.00111. The van der Waals surface area contributed by atoms with Gasteiger partial charge in [0.05, 0.1) is 6.54 Å². The highest BCUT2D eigenvalue weighted by atomic mass is 16.1. The molecule has 0 aliphatic rings. The molecule has 0 spiro atoms. The lowest BCUT2D eigenvalue weighted by Gasteiger charge is -2.06. The van der Waals surface area contributed by atoms with E-state index in [1.807, 2.05) is 24.3 Å². The van der Waals surface area contributed by atoms with Crippen LogP contribution in [0.4, 0.5) is 0 Å². The Hall–Kier alpha value is -2.17. The Balaban J connectivity index is 1.79. The number of unbranched alkanes of at least 4 members (excludes halogenated alkanes) is 3. The number of hydrogen-bond donors (Lipinski definition) is 1. The monoisotopic (exact) mass is 286 g/mol. The van der Waals surface area contributed by atoms with Crippen molar-refractivity contribution in [1.82, 2.24) is 20.1 Å². The molecule has 5 nitrogen and oxygen atoms in total. The first-order valence-corrected chi connectivity index (χ1v) is 7.49. The summed E-state index contributed by atoms with van der Waals surface area (Å²) >= 11 is 0. The maximum atomic E-state index is 12.0. The lowest BCUT2D eigenvalue weighted by atomic mass is 10.1. The van der Waals surface area contributed by atoms with E-state index < -0.39 is 0 Å². The molecular formula is C16H22N4O. The van der Waals surface area contributed by atoms with Crippen LogP contribution in [0.2, 0.25) is 0 Å². The molecule has 21 heavy (non-hydrogen) atoms. The van der Waals surface area contributed by atoms with Crippen LogP contribution in [0, 0.1) is 0 Å². The summed E-state index contributed by atoms with van der Waals surface area (Å²) in [5, 5.41) is 7.02. The average molecular weight is 286 g/mol. The van der Waals surface area contributed by atoms with E-state index in [-0.39, 0.29) is 5.91 Å². The van der Waals surface area contributed by atoms with Crippen molar-refractivity contribution in [1.29, 1.82) is 0 Å².